The molecule has 0 amide bonds. The van der Waals surface area contributed by atoms with Gasteiger partial charge in [0.1, 0.15) is 34.5 Å². The predicted octanol–water partition coefficient (Wildman–Crippen LogP) is 4.20. The van der Waals surface area contributed by atoms with Crippen LogP contribution in [0.25, 0.3) is 22.1 Å². The van der Waals surface area contributed by atoms with Gasteiger partial charge in [-0.15, -0.1) is 10.2 Å². The lowest BCUT2D eigenvalue weighted by Crippen LogP contribution is -2.16. The minimum Gasteiger partial charge on any atom is -0.494 e. The lowest BCUT2D eigenvalue weighted by atomic mass is 10.1. The zero-order valence-electron chi connectivity index (χ0n) is 20.9. The Balaban J connectivity index is 1.78. The zero-order valence-corrected chi connectivity index (χ0v) is 21.7. The van der Waals surface area contributed by atoms with Gasteiger partial charge in [-0.1, -0.05) is 18.2 Å². The van der Waals surface area contributed by atoms with Crippen molar-refractivity contribution >= 4 is 15.5 Å². The maximum absolute atomic E-state index is 13.5. The Labute approximate surface area is 219 Å². The first-order valence-corrected chi connectivity index (χ1v) is 13.2. The highest BCUT2D eigenvalue weighted by Crippen LogP contribution is 2.36. The molecule has 0 unspecified atom stereocenters. The number of aryl methyl sites for hydroxylation is 1. The fourth-order valence-electron chi connectivity index (χ4n) is 3.90. The Morgan fingerprint density at radius 1 is 0.974 bits per heavy atom. The molecule has 4 rings (SSSR count). The molecule has 2 aromatic heterocycles. The summed E-state index contributed by atoms with van der Waals surface area (Å²) in [6, 6.07) is 14.0. The van der Waals surface area contributed by atoms with Crippen LogP contribution >= 0.6 is 0 Å². The minimum absolute atomic E-state index is 0.0384. The van der Waals surface area contributed by atoms with Crippen molar-refractivity contribution < 1.29 is 27.0 Å². The number of benzene rings is 2. The van der Waals surface area contributed by atoms with Crippen LogP contribution in [0, 0.1) is 12.4 Å². The second kappa shape index (κ2) is 11.3. The van der Waals surface area contributed by atoms with Crippen LogP contribution in [0.3, 0.4) is 0 Å². The van der Waals surface area contributed by atoms with E-state index in [-0.39, 0.29) is 29.5 Å². The van der Waals surface area contributed by atoms with Crippen molar-refractivity contribution in [1.29, 1.82) is 0 Å². The minimum atomic E-state index is -3.77. The molecule has 0 aliphatic rings. The molecule has 0 N–H and O–H groups in total. The van der Waals surface area contributed by atoms with E-state index >= 15 is 0 Å². The normalized spacial score (nSPS) is 11.1. The molecule has 0 aliphatic heterocycles. The molecule has 0 atom stereocenters. The topological polar surface area (TPSA) is 110 Å². The summed E-state index contributed by atoms with van der Waals surface area (Å²) >= 11 is 0. The monoisotopic (exact) mass is 537 g/mol. The third-order valence-electron chi connectivity index (χ3n) is 5.72. The molecule has 4 aromatic rings. The highest BCUT2D eigenvalue weighted by atomic mass is 32.2. The van der Waals surface area contributed by atoms with Crippen LogP contribution in [0.5, 0.6) is 17.4 Å². The Morgan fingerprint density at radius 3 is 2.34 bits per heavy atom. The SMILES string of the molecule is [C-]#[N+]c1cc(F)ccc1CCS(=O)(=O)Cc1nnc(-c2cccc(OC)n2)n1-c1c(OC)cccc1OC. The lowest BCUT2D eigenvalue weighted by Gasteiger charge is -2.17. The molecule has 10 nitrogen and oxygen atoms in total. The second-order valence-electron chi connectivity index (χ2n) is 8.08. The molecule has 12 heteroatoms. The van der Waals surface area contributed by atoms with E-state index in [0.717, 1.165) is 6.07 Å². The molecule has 2 heterocycles. The fourth-order valence-corrected chi connectivity index (χ4v) is 5.16. The third-order valence-corrected chi connectivity index (χ3v) is 7.24. The number of halogens is 1. The number of para-hydroxylation sites is 1. The van der Waals surface area contributed by atoms with Gasteiger partial charge in [-0.3, -0.25) is 4.57 Å². The number of pyridine rings is 1. The number of rotatable bonds is 10. The Morgan fingerprint density at radius 2 is 1.68 bits per heavy atom. The van der Waals surface area contributed by atoms with Gasteiger partial charge in [0.15, 0.2) is 27.2 Å². The summed E-state index contributed by atoms with van der Waals surface area (Å²) in [4.78, 5) is 7.74. The predicted molar refractivity (Wildman–Crippen MR) is 138 cm³/mol. The number of ether oxygens (including phenoxy) is 3. The Hall–Kier alpha value is -4.50. The molecule has 0 aliphatic carbocycles. The van der Waals surface area contributed by atoms with Crippen LogP contribution in [0.2, 0.25) is 0 Å². The van der Waals surface area contributed by atoms with Gasteiger partial charge >= 0.3 is 0 Å². The summed E-state index contributed by atoms with van der Waals surface area (Å²) in [6.45, 7) is 7.26. The van der Waals surface area contributed by atoms with Gasteiger partial charge in [0, 0.05) is 6.07 Å². The Kier molecular flexibility index (Phi) is 7.87. The van der Waals surface area contributed by atoms with Gasteiger partial charge in [0.2, 0.25) is 5.88 Å². The largest absolute Gasteiger partial charge is 0.494 e. The first kappa shape index (κ1) is 26.6. The summed E-state index contributed by atoms with van der Waals surface area (Å²) < 4.78 is 57.9. The van der Waals surface area contributed by atoms with Crippen molar-refractivity contribution in [2.24, 2.45) is 0 Å². The van der Waals surface area contributed by atoms with Gasteiger partial charge in [-0.25, -0.2) is 22.6 Å². The van der Waals surface area contributed by atoms with Crippen LogP contribution < -0.4 is 14.2 Å². The van der Waals surface area contributed by atoms with E-state index in [1.165, 1.54) is 33.5 Å². The van der Waals surface area contributed by atoms with Crippen molar-refractivity contribution in [2.45, 2.75) is 12.2 Å². The highest BCUT2D eigenvalue weighted by molar-refractivity contribution is 7.90. The maximum Gasteiger partial charge on any atom is 0.213 e. The van der Waals surface area contributed by atoms with E-state index in [9.17, 15) is 12.8 Å². The standard InChI is InChI=1S/C26H24FN5O5S/c1-28-20-15-18(27)12-11-17(20)13-14-38(33,34)16-23-30-31-26(19-7-5-10-24(29-19)37-4)32(23)25-21(35-2)8-6-9-22(25)36-3/h5-12,15H,13-14,16H2,2-4H3. The van der Waals surface area contributed by atoms with Gasteiger partial charge in [-0.2, -0.15) is 0 Å². The molecule has 0 radical (unpaired) electrons. The number of aromatic nitrogens is 4. The molecular formula is C26H24FN5O5S. The molecule has 0 bridgehead atoms. The number of hydrogen-bond acceptors (Lipinski definition) is 8. The molecular weight excluding hydrogens is 513 g/mol. The molecule has 0 saturated heterocycles. The maximum atomic E-state index is 13.5. The smallest absolute Gasteiger partial charge is 0.213 e. The van der Waals surface area contributed by atoms with Crippen molar-refractivity contribution in [3.05, 3.63) is 83.2 Å². The molecule has 38 heavy (non-hydrogen) atoms. The second-order valence-corrected chi connectivity index (χ2v) is 10.3. The summed E-state index contributed by atoms with van der Waals surface area (Å²) in [6.07, 6.45) is 0.0384. The van der Waals surface area contributed by atoms with Crippen LogP contribution in [0.15, 0.2) is 54.6 Å². The van der Waals surface area contributed by atoms with Gasteiger partial charge in [0.25, 0.3) is 0 Å². The fraction of sp³-hybridized carbons (Fsp3) is 0.231. The van der Waals surface area contributed by atoms with E-state index < -0.39 is 21.4 Å². The van der Waals surface area contributed by atoms with Crippen molar-refractivity contribution in [2.75, 3.05) is 27.1 Å². The van der Waals surface area contributed by atoms with E-state index in [1.54, 1.807) is 41.0 Å². The van der Waals surface area contributed by atoms with E-state index in [0.29, 0.717) is 34.3 Å². The summed E-state index contributed by atoms with van der Waals surface area (Å²) in [7, 11) is 0.691. The quantitative estimate of drug-likeness (QED) is 0.277. The van der Waals surface area contributed by atoms with Gasteiger partial charge in [0.05, 0.1) is 33.7 Å². The Bertz CT molecular complexity index is 1590. The first-order valence-electron chi connectivity index (χ1n) is 11.3. The van der Waals surface area contributed by atoms with Crippen molar-refractivity contribution in [1.82, 2.24) is 19.7 Å². The van der Waals surface area contributed by atoms with Crippen LogP contribution in [0.4, 0.5) is 10.1 Å². The molecule has 196 valence electrons. The van der Waals surface area contributed by atoms with Crippen LogP contribution in [-0.2, 0) is 22.0 Å². The average Bonchev–Trinajstić information content (AvgIpc) is 3.33. The van der Waals surface area contributed by atoms with Gasteiger partial charge < -0.3 is 14.2 Å². The first-order chi connectivity index (χ1) is 18.3. The number of methoxy groups -OCH3 is 3. The van der Waals surface area contributed by atoms with Crippen LogP contribution in [0.1, 0.15) is 11.4 Å². The summed E-state index contributed by atoms with van der Waals surface area (Å²) in [5, 5.41) is 8.47. The lowest BCUT2D eigenvalue weighted by molar-refractivity contribution is 0.390. The van der Waals surface area contributed by atoms with E-state index in [4.69, 9.17) is 20.8 Å². The highest BCUT2D eigenvalue weighted by Gasteiger charge is 2.26. The molecule has 0 saturated carbocycles. The van der Waals surface area contributed by atoms with Crippen LogP contribution in [-0.4, -0.2) is 55.2 Å². The average molecular weight is 538 g/mol. The third kappa shape index (κ3) is 5.57. The van der Waals surface area contributed by atoms with Crippen molar-refractivity contribution in [3.63, 3.8) is 0 Å². The summed E-state index contributed by atoms with van der Waals surface area (Å²) in [5.74, 6) is 0.194. The molecule has 0 fully saturated rings. The number of sulfone groups is 1. The zero-order chi connectivity index (χ0) is 27.3. The van der Waals surface area contributed by atoms with Crippen molar-refractivity contribution in [3.8, 4) is 34.6 Å². The summed E-state index contributed by atoms with van der Waals surface area (Å²) in [5.41, 5.74) is 1.32. The van der Waals surface area contributed by atoms with E-state index in [1.807, 2.05) is 0 Å². The molecule has 0 spiro atoms. The number of hydrogen-bond donors (Lipinski definition) is 0. The van der Waals surface area contributed by atoms with Gasteiger partial charge in [-0.05, 0) is 42.3 Å². The van der Waals surface area contributed by atoms with E-state index in [2.05, 4.69) is 20.0 Å². The molecule has 2 aromatic carbocycles. The number of nitrogens with zero attached hydrogens (tertiary/aromatic N) is 5.